The Bertz CT molecular complexity index is 639. The summed E-state index contributed by atoms with van der Waals surface area (Å²) < 4.78 is 7.36. The molecule has 0 bridgehead atoms. The van der Waals surface area contributed by atoms with Gasteiger partial charge in [-0.25, -0.2) is 0 Å². The molecule has 5 nitrogen and oxygen atoms in total. The van der Waals surface area contributed by atoms with Crippen LogP contribution in [0.3, 0.4) is 0 Å². The van der Waals surface area contributed by atoms with Gasteiger partial charge in [0.05, 0.1) is 17.8 Å². The second kappa shape index (κ2) is 5.87. The number of ether oxygens (including phenoxy) is 1. The van der Waals surface area contributed by atoms with Crippen molar-refractivity contribution in [2.75, 3.05) is 6.61 Å². The Labute approximate surface area is 127 Å². The Hall–Kier alpha value is -1.85. The van der Waals surface area contributed by atoms with Crippen LogP contribution in [0.5, 0.6) is 0 Å². The van der Waals surface area contributed by atoms with Crippen molar-refractivity contribution >= 4 is 17.5 Å². The third-order valence-corrected chi connectivity index (χ3v) is 3.83. The quantitative estimate of drug-likeness (QED) is 0.947. The van der Waals surface area contributed by atoms with Crippen molar-refractivity contribution < 1.29 is 9.53 Å². The minimum Gasteiger partial charge on any atom is -0.371 e. The average Bonchev–Trinajstić information content (AvgIpc) is 3.09. The molecule has 2 aromatic rings. The first kappa shape index (κ1) is 14.1. The molecule has 2 atom stereocenters. The van der Waals surface area contributed by atoms with Crippen LogP contribution in [0.25, 0.3) is 0 Å². The van der Waals surface area contributed by atoms with Crippen LogP contribution in [0.1, 0.15) is 28.4 Å². The fourth-order valence-electron chi connectivity index (χ4n) is 2.51. The molecule has 1 amide bonds. The molecule has 1 aliphatic rings. The standard InChI is InChI=1S/C15H16ClN3O2/c1-19-9-11(8-17-19)15(20)18-13-6-7-21-14(13)10-2-4-12(16)5-3-10/h2-5,8-9,13-14H,6-7H2,1H3,(H,18,20)/t13-,14-/m0/s1. The highest BCUT2D eigenvalue weighted by molar-refractivity contribution is 6.30. The minimum atomic E-state index is -0.136. The van der Waals surface area contributed by atoms with Crippen molar-refractivity contribution in [1.29, 1.82) is 0 Å². The Balaban J connectivity index is 1.72. The van der Waals surface area contributed by atoms with E-state index in [4.69, 9.17) is 16.3 Å². The number of nitrogens with one attached hydrogen (secondary N) is 1. The van der Waals surface area contributed by atoms with Crippen molar-refractivity contribution in [2.45, 2.75) is 18.6 Å². The van der Waals surface area contributed by atoms with Gasteiger partial charge in [0.2, 0.25) is 0 Å². The van der Waals surface area contributed by atoms with Gasteiger partial charge in [-0.15, -0.1) is 0 Å². The van der Waals surface area contributed by atoms with Crippen LogP contribution in [0.2, 0.25) is 5.02 Å². The van der Waals surface area contributed by atoms with E-state index in [2.05, 4.69) is 10.4 Å². The number of aromatic nitrogens is 2. The van der Waals surface area contributed by atoms with E-state index in [1.807, 2.05) is 24.3 Å². The van der Waals surface area contributed by atoms with Crippen LogP contribution in [0.4, 0.5) is 0 Å². The molecular weight excluding hydrogens is 290 g/mol. The van der Waals surface area contributed by atoms with E-state index < -0.39 is 0 Å². The number of benzene rings is 1. The maximum Gasteiger partial charge on any atom is 0.254 e. The zero-order valence-electron chi connectivity index (χ0n) is 11.6. The number of carbonyl (C=O) groups is 1. The zero-order chi connectivity index (χ0) is 14.8. The van der Waals surface area contributed by atoms with E-state index in [-0.39, 0.29) is 18.1 Å². The number of carbonyl (C=O) groups excluding carboxylic acids is 1. The topological polar surface area (TPSA) is 56.2 Å². The molecule has 6 heteroatoms. The summed E-state index contributed by atoms with van der Waals surface area (Å²) in [6.45, 7) is 0.630. The van der Waals surface area contributed by atoms with Crippen molar-refractivity contribution in [1.82, 2.24) is 15.1 Å². The second-order valence-electron chi connectivity index (χ2n) is 5.11. The second-order valence-corrected chi connectivity index (χ2v) is 5.55. The highest BCUT2D eigenvalue weighted by atomic mass is 35.5. The molecule has 1 saturated heterocycles. The van der Waals surface area contributed by atoms with E-state index in [0.717, 1.165) is 12.0 Å². The maximum atomic E-state index is 12.2. The molecule has 1 N–H and O–H groups in total. The van der Waals surface area contributed by atoms with Crippen LogP contribution in [0.15, 0.2) is 36.7 Å². The lowest BCUT2D eigenvalue weighted by Gasteiger charge is -2.20. The number of hydrogen-bond acceptors (Lipinski definition) is 3. The van der Waals surface area contributed by atoms with E-state index in [1.165, 1.54) is 0 Å². The summed E-state index contributed by atoms with van der Waals surface area (Å²) >= 11 is 5.90. The Morgan fingerprint density at radius 1 is 1.43 bits per heavy atom. The van der Waals surface area contributed by atoms with E-state index in [0.29, 0.717) is 17.2 Å². The maximum absolute atomic E-state index is 12.2. The molecule has 1 fully saturated rings. The lowest BCUT2D eigenvalue weighted by molar-refractivity contribution is 0.0821. The minimum absolute atomic E-state index is 0.0427. The molecule has 0 saturated carbocycles. The molecule has 21 heavy (non-hydrogen) atoms. The molecule has 3 rings (SSSR count). The number of halogens is 1. The van der Waals surface area contributed by atoms with Crippen LogP contribution in [-0.4, -0.2) is 28.3 Å². The van der Waals surface area contributed by atoms with Gasteiger partial charge in [0.1, 0.15) is 6.10 Å². The SMILES string of the molecule is Cn1cc(C(=O)N[C@H]2CCO[C@H]2c2ccc(Cl)cc2)cn1. The molecule has 1 aromatic heterocycles. The first-order valence-electron chi connectivity index (χ1n) is 6.80. The molecular formula is C15H16ClN3O2. The van der Waals surface area contributed by atoms with Gasteiger partial charge >= 0.3 is 0 Å². The number of hydrogen-bond donors (Lipinski definition) is 1. The summed E-state index contributed by atoms with van der Waals surface area (Å²) in [6.07, 6.45) is 3.91. The molecule has 0 spiro atoms. The predicted octanol–water partition coefficient (Wildman–Crippen LogP) is 2.33. The van der Waals surface area contributed by atoms with Gasteiger partial charge in [-0.1, -0.05) is 23.7 Å². The van der Waals surface area contributed by atoms with Gasteiger partial charge in [0.25, 0.3) is 5.91 Å². The Morgan fingerprint density at radius 2 is 2.19 bits per heavy atom. The smallest absolute Gasteiger partial charge is 0.254 e. The van der Waals surface area contributed by atoms with Crippen molar-refractivity contribution in [3.8, 4) is 0 Å². The van der Waals surface area contributed by atoms with E-state index in [1.54, 1.807) is 24.1 Å². The highest BCUT2D eigenvalue weighted by Gasteiger charge is 2.31. The number of rotatable bonds is 3. The fraction of sp³-hybridized carbons (Fsp3) is 0.333. The van der Waals surface area contributed by atoms with Crippen molar-refractivity contribution in [2.24, 2.45) is 7.05 Å². The summed E-state index contributed by atoms with van der Waals surface area (Å²) in [5.41, 5.74) is 1.58. The molecule has 0 aliphatic carbocycles. The third-order valence-electron chi connectivity index (χ3n) is 3.57. The third kappa shape index (κ3) is 3.09. The summed E-state index contributed by atoms with van der Waals surface area (Å²) in [6, 6.07) is 7.49. The monoisotopic (exact) mass is 305 g/mol. The summed E-state index contributed by atoms with van der Waals surface area (Å²) in [5.74, 6) is -0.127. The largest absolute Gasteiger partial charge is 0.371 e. The molecule has 0 radical (unpaired) electrons. The van der Waals surface area contributed by atoms with Crippen molar-refractivity contribution in [3.05, 3.63) is 52.8 Å². The zero-order valence-corrected chi connectivity index (χ0v) is 12.4. The van der Waals surface area contributed by atoms with Gasteiger partial charge in [0, 0.05) is 24.9 Å². The Kier molecular flexibility index (Phi) is 3.94. The first-order valence-corrected chi connectivity index (χ1v) is 7.18. The van der Waals surface area contributed by atoms with E-state index >= 15 is 0 Å². The van der Waals surface area contributed by atoms with Crippen LogP contribution in [-0.2, 0) is 11.8 Å². The predicted molar refractivity (Wildman–Crippen MR) is 79.2 cm³/mol. The fourth-order valence-corrected chi connectivity index (χ4v) is 2.63. The first-order chi connectivity index (χ1) is 10.1. The number of aryl methyl sites for hydroxylation is 1. The Morgan fingerprint density at radius 3 is 2.86 bits per heavy atom. The molecule has 110 valence electrons. The van der Waals surface area contributed by atoms with Gasteiger partial charge in [-0.2, -0.15) is 5.10 Å². The highest BCUT2D eigenvalue weighted by Crippen LogP contribution is 2.30. The lowest BCUT2D eigenvalue weighted by Crippen LogP contribution is -2.36. The average molecular weight is 306 g/mol. The van der Waals surface area contributed by atoms with Crippen LogP contribution < -0.4 is 5.32 Å². The normalized spacial score (nSPS) is 21.4. The van der Waals surface area contributed by atoms with Crippen molar-refractivity contribution in [3.63, 3.8) is 0 Å². The number of amides is 1. The van der Waals surface area contributed by atoms with Gasteiger partial charge in [0.15, 0.2) is 0 Å². The molecule has 0 unspecified atom stereocenters. The van der Waals surface area contributed by atoms with Gasteiger partial charge in [-0.3, -0.25) is 9.48 Å². The molecule has 2 heterocycles. The summed E-state index contributed by atoms with van der Waals surface area (Å²) in [5, 5.41) is 7.72. The van der Waals surface area contributed by atoms with Crippen LogP contribution >= 0.6 is 11.6 Å². The van der Waals surface area contributed by atoms with Gasteiger partial charge in [-0.05, 0) is 24.1 Å². The van der Waals surface area contributed by atoms with Gasteiger partial charge < -0.3 is 10.1 Å². The van der Waals surface area contributed by atoms with Crippen LogP contribution in [0, 0.1) is 0 Å². The van der Waals surface area contributed by atoms with E-state index in [9.17, 15) is 4.79 Å². The summed E-state index contributed by atoms with van der Waals surface area (Å²) in [4.78, 5) is 12.2. The lowest BCUT2D eigenvalue weighted by atomic mass is 10.0. The number of nitrogens with zero attached hydrogens (tertiary/aromatic N) is 2. The summed E-state index contributed by atoms with van der Waals surface area (Å²) in [7, 11) is 1.78. The molecule has 1 aliphatic heterocycles. The molecule has 1 aromatic carbocycles.